The maximum Gasteiger partial charge on any atom is 0.339 e. The molecule has 200 valence electrons. The van der Waals surface area contributed by atoms with Gasteiger partial charge in [0.1, 0.15) is 35.4 Å². The first-order chi connectivity index (χ1) is 17.7. The molecule has 2 aliphatic rings. The summed E-state index contributed by atoms with van der Waals surface area (Å²) in [6, 6.07) is 7.85. The van der Waals surface area contributed by atoms with Gasteiger partial charge in [0.05, 0.1) is 33.3 Å². The van der Waals surface area contributed by atoms with E-state index in [2.05, 4.69) is 25.7 Å². The third-order valence-corrected chi connectivity index (χ3v) is 7.32. The van der Waals surface area contributed by atoms with Crippen LogP contribution in [0, 0.1) is 5.41 Å². The van der Waals surface area contributed by atoms with Crippen LogP contribution in [0.1, 0.15) is 26.3 Å². The molecule has 0 aliphatic carbocycles. The van der Waals surface area contributed by atoms with Crippen molar-refractivity contribution in [1.82, 2.24) is 5.10 Å². The fraction of sp³-hybridized carbons (Fsp3) is 0.379. The van der Waals surface area contributed by atoms with Crippen LogP contribution >= 0.6 is 0 Å². The lowest BCUT2D eigenvalue weighted by Gasteiger charge is -2.26. The van der Waals surface area contributed by atoms with Crippen molar-refractivity contribution in [2.24, 2.45) is 5.41 Å². The van der Waals surface area contributed by atoms with E-state index in [0.717, 1.165) is 69.2 Å². The fourth-order valence-electron chi connectivity index (χ4n) is 5.41. The van der Waals surface area contributed by atoms with Crippen LogP contribution in [0.3, 0.4) is 0 Å². The Kier molecular flexibility index (Phi) is 6.34. The van der Waals surface area contributed by atoms with E-state index in [1.807, 2.05) is 35.9 Å². The van der Waals surface area contributed by atoms with Crippen LogP contribution in [-0.2, 0) is 13.0 Å². The van der Waals surface area contributed by atoms with Crippen molar-refractivity contribution in [3.8, 4) is 34.3 Å². The lowest BCUT2D eigenvalue weighted by Crippen LogP contribution is -3.00. The van der Waals surface area contributed by atoms with Crippen LogP contribution in [0.4, 0.5) is 5.82 Å². The van der Waals surface area contributed by atoms with Gasteiger partial charge in [0.2, 0.25) is 5.58 Å². The minimum absolute atomic E-state index is 0. The summed E-state index contributed by atoms with van der Waals surface area (Å²) in [6.45, 7) is 12.1. The molecule has 0 radical (unpaired) electrons. The van der Waals surface area contributed by atoms with Gasteiger partial charge in [0.15, 0.2) is 11.5 Å². The van der Waals surface area contributed by atoms with E-state index in [9.17, 15) is 0 Å². The molecule has 1 N–H and O–H groups in total. The highest BCUT2D eigenvalue weighted by Crippen LogP contribution is 2.48. The van der Waals surface area contributed by atoms with Crippen molar-refractivity contribution < 1.29 is 40.5 Å². The molecule has 0 bridgehead atoms. The molecular weight excluding hydrogens is 506 g/mol. The van der Waals surface area contributed by atoms with Crippen molar-refractivity contribution in [3.63, 3.8) is 0 Å². The Morgan fingerprint density at radius 1 is 1.13 bits per heavy atom. The number of halogens is 1. The summed E-state index contributed by atoms with van der Waals surface area (Å²) < 4.78 is 31.9. The van der Waals surface area contributed by atoms with Gasteiger partial charge in [-0.25, -0.2) is 0 Å². The Morgan fingerprint density at radius 3 is 2.55 bits per heavy atom. The highest BCUT2D eigenvalue weighted by atomic mass is 35.5. The second-order valence-corrected chi connectivity index (χ2v) is 10.7. The second-order valence-electron chi connectivity index (χ2n) is 10.7. The SMILES string of the molecule is C=C(C)[C@H]1Cc2c(ccc(-c3n[n+]4c(c5oc6cc(OC)c(OC)cc6c35)NCC(C)(C)C4)c2OC)O1.[Cl-]. The van der Waals surface area contributed by atoms with Crippen molar-refractivity contribution in [2.45, 2.75) is 39.8 Å². The summed E-state index contributed by atoms with van der Waals surface area (Å²) in [5.41, 5.74) is 5.14. The Labute approximate surface area is 227 Å². The van der Waals surface area contributed by atoms with Gasteiger partial charge in [-0.1, -0.05) is 25.5 Å². The van der Waals surface area contributed by atoms with E-state index in [-0.39, 0.29) is 23.9 Å². The van der Waals surface area contributed by atoms with Crippen LogP contribution in [-0.4, -0.2) is 39.1 Å². The van der Waals surface area contributed by atoms with Gasteiger partial charge >= 0.3 is 5.82 Å². The van der Waals surface area contributed by atoms with E-state index in [4.69, 9.17) is 28.5 Å². The monoisotopic (exact) mass is 537 g/mol. The fourth-order valence-corrected chi connectivity index (χ4v) is 5.41. The van der Waals surface area contributed by atoms with E-state index in [0.29, 0.717) is 23.5 Å². The number of nitrogens with zero attached hydrogens (tertiary/aromatic N) is 2. The molecule has 0 unspecified atom stereocenters. The van der Waals surface area contributed by atoms with Gasteiger partial charge in [-0.15, -0.1) is 4.68 Å². The standard InChI is InChI=1S/C29H31N3O5.ClH/c1-15(2)20-11-18-19(36-20)9-8-16(26(18)35-7)25-24-17-10-22(33-5)23(34-6)12-21(17)37-27(24)28-30-13-29(3,4)14-32(28)31-25;/h8-10,12,20H,1,11,13-14H2,2-7H3;1H/t20-;/m1./s1. The molecule has 0 fully saturated rings. The predicted molar refractivity (Wildman–Crippen MR) is 142 cm³/mol. The first kappa shape index (κ1) is 26.0. The van der Waals surface area contributed by atoms with Crippen molar-refractivity contribution in [1.29, 1.82) is 0 Å². The molecule has 38 heavy (non-hydrogen) atoms. The molecule has 8 nitrogen and oxygen atoms in total. The highest BCUT2D eigenvalue weighted by Gasteiger charge is 2.38. The van der Waals surface area contributed by atoms with Crippen molar-refractivity contribution in [3.05, 3.63) is 42.0 Å². The topological polar surface area (TPSA) is 78.9 Å². The van der Waals surface area contributed by atoms with Crippen LogP contribution in [0.5, 0.6) is 23.0 Å². The zero-order valence-corrected chi connectivity index (χ0v) is 23.3. The lowest BCUT2D eigenvalue weighted by molar-refractivity contribution is -0.752. The van der Waals surface area contributed by atoms with Gasteiger partial charge in [-0.2, -0.15) is 0 Å². The number of ether oxygens (including phenoxy) is 4. The Balaban J connectivity index is 0.00000294. The third kappa shape index (κ3) is 3.89. The van der Waals surface area contributed by atoms with Crippen LogP contribution in [0.15, 0.2) is 40.8 Å². The van der Waals surface area contributed by atoms with Gasteiger partial charge in [-0.05, 0) is 30.7 Å². The second kappa shape index (κ2) is 9.27. The number of rotatable bonds is 5. The highest BCUT2D eigenvalue weighted by molar-refractivity contribution is 6.14. The molecule has 4 heterocycles. The largest absolute Gasteiger partial charge is 1.00 e. The number of methoxy groups -OCH3 is 3. The molecule has 0 saturated heterocycles. The molecule has 0 spiro atoms. The molecule has 9 heteroatoms. The Bertz CT molecular complexity index is 1590. The Hall–Kier alpha value is -3.65. The smallest absolute Gasteiger partial charge is 0.339 e. The van der Waals surface area contributed by atoms with E-state index in [1.165, 1.54) is 0 Å². The van der Waals surface area contributed by atoms with Gasteiger partial charge < -0.3 is 35.8 Å². The molecule has 0 amide bonds. The van der Waals surface area contributed by atoms with Gasteiger partial charge in [-0.3, -0.25) is 5.32 Å². The number of hydrogen-bond donors (Lipinski definition) is 1. The normalized spacial score (nSPS) is 17.2. The number of furan rings is 1. The molecule has 0 saturated carbocycles. The number of aromatic nitrogens is 2. The Morgan fingerprint density at radius 2 is 1.87 bits per heavy atom. The summed E-state index contributed by atoms with van der Waals surface area (Å²) in [5.74, 6) is 3.67. The summed E-state index contributed by atoms with van der Waals surface area (Å²) in [6.07, 6.45) is 0.635. The zero-order valence-electron chi connectivity index (χ0n) is 22.5. The van der Waals surface area contributed by atoms with Crippen molar-refractivity contribution in [2.75, 3.05) is 33.2 Å². The zero-order chi connectivity index (χ0) is 26.1. The van der Waals surface area contributed by atoms with Gasteiger partial charge in [0, 0.05) is 34.4 Å². The summed E-state index contributed by atoms with van der Waals surface area (Å²) in [7, 11) is 4.95. The maximum atomic E-state index is 6.50. The van der Waals surface area contributed by atoms with E-state index < -0.39 is 0 Å². The first-order valence-corrected chi connectivity index (χ1v) is 12.4. The molecule has 4 aromatic rings. The van der Waals surface area contributed by atoms with E-state index >= 15 is 0 Å². The number of hydrogen-bond acceptors (Lipinski definition) is 7. The number of benzene rings is 2. The molecular formula is C29H32ClN3O5. The summed E-state index contributed by atoms with van der Waals surface area (Å²) >= 11 is 0. The third-order valence-electron chi connectivity index (χ3n) is 7.32. The van der Waals surface area contributed by atoms with Crippen LogP contribution in [0.2, 0.25) is 0 Å². The summed E-state index contributed by atoms with van der Waals surface area (Å²) in [5, 5.41) is 10.5. The van der Waals surface area contributed by atoms with Crippen LogP contribution < -0.4 is 41.4 Å². The molecule has 2 aromatic heterocycles. The predicted octanol–water partition coefficient (Wildman–Crippen LogP) is 2.30. The lowest BCUT2D eigenvalue weighted by atomic mass is 9.91. The molecule has 6 rings (SSSR count). The van der Waals surface area contributed by atoms with Crippen LogP contribution in [0.25, 0.3) is 33.2 Å². The van der Waals surface area contributed by atoms with Crippen molar-refractivity contribution >= 4 is 27.8 Å². The van der Waals surface area contributed by atoms with Gasteiger partial charge in [0.25, 0.3) is 0 Å². The average molecular weight is 538 g/mol. The molecule has 1 atom stereocenters. The molecule has 2 aliphatic heterocycles. The van der Waals surface area contributed by atoms with E-state index in [1.54, 1.807) is 21.3 Å². The molecule has 2 aromatic carbocycles. The number of anilines is 1. The maximum absolute atomic E-state index is 6.50. The summed E-state index contributed by atoms with van der Waals surface area (Å²) in [4.78, 5) is 0. The number of nitrogens with one attached hydrogen (secondary N) is 1. The minimum Gasteiger partial charge on any atom is -1.00 e. The quantitative estimate of drug-likeness (QED) is 0.309. The average Bonchev–Trinajstić information content (AvgIpc) is 3.47. The first-order valence-electron chi connectivity index (χ1n) is 12.4. The minimum atomic E-state index is -0.0680. The number of fused-ring (bicyclic) bond motifs is 6.